The number of carboxylic acid groups (broad SMARTS) is 1. The summed E-state index contributed by atoms with van der Waals surface area (Å²) in [5.41, 5.74) is 3.10. The molecule has 2 amide bonds. The lowest BCUT2D eigenvalue weighted by molar-refractivity contribution is -0.161. The first-order chi connectivity index (χ1) is 16.2. The molecule has 2 aromatic rings. The molecule has 0 aliphatic carbocycles. The van der Waals surface area contributed by atoms with Gasteiger partial charge in [0.05, 0.1) is 12.6 Å². The van der Waals surface area contributed by atoms with Crippen molar-refractivity contribution in [1.82, 2.24) is 29.4 Å². The normalized spacial score (nSPS) is 18.5. The van der Waals surface area contributed by atoms with Gasteiger partial charge in [-0.25, -0.2) is 23.7 Å². The van der Waals surface area contributed by atoms with Crippen LogP contribution in [0.3, 0.4) is 0 Å². The maximum atomic E-state index is 13.0. The molecule has 0 bridgehead atoms. The summed E-state index contributed by atoms with van der Waals surface area (Å²) in [7, 11) is -5.00. The van der Waals surface area contributed by atoms with Crippen molar-refractivity contribution in [2.45, 2.75) is 38.1 Å². The van der Waals surface area contributed by atoms with Gasteiger partial charge in [-0.15, -0.1) is 16.4 Å². The Morgan fingerprint density at radius 1 is 1.46 bits per heavy atom. The highest BCUT2D eigenvalue weighted by molar-refractivity contribution is 7.84. The number of nitrogens with zero attached hydrogens (tertiary/aromatic N) is 7. The molecular weight excluding hydrogens is 510 g/mol. The van der Waals surface area contributed by atoms with E-state index in [4.69, 9.17) is 15.8 Å². The Morgan fingerprint density at radius 3 is 2.66 bits per heavy atom. The number of hydrogen-bond acceptors (Lipinski definition) is 13. The summed E-state index contributed by atoms with van der Waals surface area (Å²) in [6, 6.07) is -1.18. The Balaban J connectivity index is 1.89. The Hall–Kier alpha value is -4.15. The maximum Gasteiger partial charge on any atom is 0.362 e. The lowest BCUT2D eigenvalue weighted by atomic mass is 9.98. The molecule has 1 aliphatic rings. The third-order valence-electron chi connectivity index (χ3n) is 4.57. The predicted octanol–water partition coefficient (Wildman–Crippen LogP) is -2.03. The van der Waals surface area contributed by atoms with Gasteiger partial charge in [-0.1, -0.05) is 5.16 Å². The highest BCUT2D eigenvalue weighted by atomic mass is 32.2. The number of carboxylic acids is 1. The zero-order chi connectivity index (χ0) is 26.1. The van der Waals surface area contributed by atoms with Gasteiger partial charge < -0.3 is 21.0 Å². The molecule has 1 fully saturated rings. The van der Waals surface area contributed by atoms with Gasteiger partial charge in [0.25, 0.3) is 17.6 Å². The van der Waals surface area contributed by atoms with Crippen molar-refractivity contribution in [1.29, 1.82) is 5.26 Å². The van der Waals surface area contributed by atoms with Crippen LogP contribution in [0.2, 0.25) is 0 Å². The summed E-state index contributed by atoms with van der Waals surface area (Å²) >= 11 is 0.941. The van der Waals surface area contributed by atoms with Gasteiger partial charge in [0, 0.05) is 5.38 Å². The SMILES string of the molecule is CC(C)(ON=C(C(=O)N[C@@H]1C(=O)N(S(=O)(=O)O)[C@@H]1Cn1cnc(C#N)n1)c1csc(N)n1)C(=O)O. The van der Waals surface area contributed by atoms with Gasteiger partial charge >= 0.3 is 16.3 Å². The number of anilines is 1. The third kappa shape index (κ3) is 5.34. The van der Waals surface area contributed by atoms with E-state index in [1.54, 1.807) is 6.07 Å². The monoisotopic (exact) mass is 527 g/mol. The van der Waals surface area contributed by atoms with E-state index in [-0.39, 0.29) is 27.5 Å². The van der Waals surface area contributed by atoms with Gasteiger partial charge in [0.2, 0.25) is 5.60 Å². The number of nitrogens with two attached hydrogens (primary N) is 1. The second-order valence-corrected chi connectivity index (χ2v) is 9.63. The molecule has 0 saturated carbocycles. The van der Waals surface area contributed by atoms with Crippen molar-refractivity contribution in [3.63, 3.8) is 0 Å². The van der Waals surface area contributed by atoms with E-state index in [9.17, 15) is 32.5 Å². The third-order valence-corrected chi connectivity index (χ3v) is 6.20. The zero-order valence-electron chi connectivity index (χ0n) is 17.9. The van der Waals surface area contributed by atoms with E-state index in [0.29, 0.717) is 0 Å². The number of carbonyl (C=O) groups excluding carboxylic acids is 2. The lowest BCUT2D eigenvalue weighted by Gasteiger charge is -2.43. The fourth-order valence-electron chi connectivity index (χ4n) is 2.78. The largest absolute Gasteiger partial charge is 0.478 e. The van der Waals surface area contributed by atoms with Gasteiger partial charge in [-0.05, 0) is 13.8 Å². The first kappa shape index (κ1) is 25.5. The molecule has 3 rings (SSSR count). The van der Waals surface area contributed by atoms with Crippen molar-refractivity contribution >= 4 is 50.3 Å². The number of rotatable bonds is 9. The molecule has 1 saturated heterocycles. The second-order valence-electron chi connectivity index (χ2n) is 7.45. The smallest absolute Gasteiger partial charge is 0.362 e. The van der Waals surface area contributed by atoms with Crippen LogP contribution in [0, 0.1) is 11.3 Å². The fraction of sp³-hybridized carbons (Fsp3) is 0.375. The van der Waals surface area contributed by atoms with E-state index in [0.717, 1.165) is 22.3 Å². The number of nitriles is 1. The molecule has 186 valence electrons. The average molecular weight is 528 g/mol. The summed E-state index contributed by atoms with van der Waals surface area (Å²) in [4.78, 5) is 49.3. The van der Waals surface area contributed by atoms with Crippen molar-refractivity contribution in [3.05, 3.63) is 23.2 Å². The standard InChI is InChI=1S/C16H17N9O8S2/c1-16(2,14(28)29)33-23-10(7-5-34-15(18)20-7)12(26)21-11-8(25(13(11)27)35(30,31)32)4-24-6-19-9(3-17)22-24/h5-6,8,11H,4H2,1-2H3,(H2,18,20)(H,21,26)(H,28,29)(H,30,31,32)/t8-,11+/m1/s1. The molecule has 0 spiro atoms. The molecule has 0 aromatic carbocycles. The minimum atomic E-state index is -5.00. The Morgan fingerprint density at radius 2 is 2.14 bits per heavy atom. The number of nitrogens with one attached hydrogen (secondary N) is 1. The van der Waals surface area contributed by atoms with Crippen LogP contribution in [0.4, 0.5) is 5.13 Å². The Labute approximate surface area is 200 Å². The second kappa shape index (κ2) is 9.24. The van der Waals surface area contributed by atoms with Crippen LogP contribution in [0.1, 0.15) is 25.4 Å². The molecule has 17 nitrogen and oxygen atoms in total. The number of thiazole rings is 1. The number of aliphatic carboxylic acids is 1. The highest BCUT2D eigenvalue weighted by Crippen LogP contribution is 2.25. The molecule has 19 heteroatoms. The van der Waals surface area contributed by atoms with Crippen LogP contribution >= 0.6 is 11.3 Å². The molecule has 2 aromatic heterocycles. The predicted molar refractivity (Wildman–Crippen MR) is 115 cm³/mol. The molecular formula is C16H17N9O8S2. The summed E-state index contributed by atoms with van der Waals surface area (Å²) in [6.45, 7) is 1.98. The number of carbonyl (C=O) groups is 3. The van der Waals surface area contributed by atoms with Crippen LogP contribution in [0.15, 0.2) is 16.9 Å². The first-order valence-electron chi connectivity index (χ1n) is 9.36. The fourth-order valence-corrected chi connectivity index (χ4v) is 4.19. The van der Waals surface area contributed by atoms with E-state index >= 15 is 0 Å². The van der Waals surface area contributed by atoms with Crippen LogP contribution in [-0.4, -0.2) is 83.3 Å². The number of aromatic nitrogens is 4. The zero-order valence-corrected chi connectivity index (χ0v) is 19.5. The van der Waals surface area contributed by atoms with Crippen molar-refractivity contribution in [2.24, 2.45) is 5.16 Å². The van der Waals surface area contributed by atoms with E-state index in [1.165, 1.54) is 19.2 Å². The lowest BCUT2D eigenvalue weighted by Crippen LogP contribution is -2.73. The van der Waals surface area contributed by atoms with Gasteiger partial charge in [-0.2, -0.15) is 13.7 Å². The average Bonchev–Trinajstić information content (AvgIpc) is 3.39. The van der Waals surface area contributed by atoms with Crippen LogP contribution < -0.4 is 11.1 Å². The van der Waals surface area contributed by atoms with E-state index in [1.807, 2.05) is 0 Å². The van der Waals surface area contributed by atoms with Crippen molar-refractivity contribution in [3.8, 4) is 6.07 Å². The van der Waals surface area contributed by atoms with E-state index < -0.39 is 51.5 Å². The van der Waals surface area contributed by atoms with Crippen molar-refractivity contribution in [2.75, 3.05) is 5.73 Å². The van der Waals surface area contributed by atoms with Gasteiger partial charge in [0.15, 0.2) is 10.8 Å². The summed E-state index contributed by atoms with van der Waals surface area (Å²) in [5.74, 6) is -3.87. The number of amides is 2. The number of hydrogen-bond donors (Lipinski definition) is 4. The molecule has 35 heavy (non-hydrogen) atoms. The Kier molecular flexibility index (Phi) is 6.73. The number of β-lactam (4-membered cyclic amide) rings is 1. The molecule has 3 heterocycles. The van der Waals surface area contributed by atoms with Crippen LogP contribution in [0.5, 0.6) is 0 Å². The number of nitrogen functional groups attached to an aromatic ring is 1. The Bertz CT molecular complexity index is 1360. The highest BCUT2D eigenvalue weighted by Gasteiger charge is 2.54. The minimum Gasteiger partial charge on any atom is -0.478 e. The molecule has 0 unspecified atom stereocenters. The topological polar surface area (TPSA) is 256 Å². The maximum absolute atomic E-state index is 13.0. The summed E-state index contributed by atoms with van der Waals surface area (Å²) < 4.78 is 34.0. The molecule has 2 atom stereocenters. The van der Waals surface area contributed by atoms with Gasteiger partial charge in [-0.3, -0.25) is 14.1 Å². The molecule has 5 N–H and O–H groups in total. The summed E-state index contributed by atoms with van der Waals surface area (Å²) in [6.07, 6.45) is 1.09. The van der Waals surface area contributed by atoms with Crippen LogP contribution in [0.25, 0.3) is 0 Å². The number of oxime groups is 1. The quantitative estimate of drug-likeness (QED) is 0.119. The first-order valence-corrected chi connectivity index (χ1v) is 11.6. The summed E-state index contributed by atoms with van der Waals surface area (Å²) in [5, 5.41) is 29.0. The van der Waals surface area contributed by atoms with E-state index in [2.05, 4.69) is 25.5 Å². The molecule has 1 aliphatic heterocycles. The minimum absolute atomic E-state index is 0.0487. The van der Waals surface area contributed by atoms with Gasteiger partial charge in [0.1, 0.15) is 24.1 Å². The van der Waals surface area contributed by atoms with Crippen molar-refractivity contribution < 1.29 is 37.3 Å². The molecule has 0 radical (unpaired) electrons. The van der Waals surface area contributed by atoms with Crippen LogP contribution in [-0.2, 0) is 36.1 Å².